The Bertz CT molecular complexity index is 1700. The van der Waals surface area contributed by atoms with Gasteiger partial charge in [0, 0.05) is 22.0 Å². The molecule has 2 heterocycles. The second kappa shape index (κ2) is 7.50. The van der Waals surface area contributed by atoms with Gasteiger partial charge in [0.2, 0.25) is 0 Å². The van der Waals surface area contributed by atoms with Crippen molar-refractivity contribution in [2.75, 3.05) is 4.90 Å². The third-order valence-electron chi connectivity index (χ3n) is 5.92. The number of carbonyl (C=O) groups excluding carboxylic acids is 1. The molecule has 0 bridgehead atoms. The number of benzene rings is 4. The molecule has 5 heteroatoms. The van der Waals surface area contributed by atoms with E-state index in [4.69, 9.17) is 0 Å². The van der Waals surface area contributed by atoms with Crippen LogP contribution in [-0.4, -0.2) is 15.3 Å². The Labute approximate surface area is 189 Å². The number of rotatable bonds is 3. The highest BCUT2D eigenvalue weighted by Crippen LogP contribution is 2.37. The number of H-pyrrole nitrogens is 1. The van der Waals surface area contributed by atoms with E-state index in [9.17, 15) is 9.59 Å². The molecule has 0 fully saturated rings. The van der Waals surface area contributed by atoms with Gasteiger partial charge in [-0.2, -0.15) is 0 Å². The van der Waals surface area contributed by atoms with Crippen LogP contribution in [-0.2, 0) is 0 Å². The fraction of sp³-hybridized carbons (Fsp3) is 0. The number of imidazole rings is 1. The number of anilines is 2. The molecule has 0 saturated carbocycles. The number of para-hydroxylation sites is 3. The lowest BCUT2D eigenvalue weighted by Gasteiger charge is -2.25. The van der Waals surface area contributed by atoms with E-state index in [0.29, 0.717) is 27.7 Å². The minimum absolute atomic E-state index is 0.123. The van der Waals surface area contributed by atoms with Crippen molar-refractivity contribution < 1.29 is 4.79 Å². The summed E-state index contributed by atoms with van der Waals surface area (Å²) >= 11 is 0. The quantitative estimate of drug-likeness (QED) is 0.380. The Morgan fingerprint density at radius 1 is 0.697 bits per heavy atom. The fourth-order valence-electron chi connectivity index (χ4n) is 4.44. The molecular weight excluding hydrogens is 410 g/mol. The van der Waals surface area contributed by atoms with Gasteiger partial charge in [-0.15, -0.1) is 0 Å². The van der Waals surface area contributed by atoms with Gasteiger partial charge in [-0.1, -0.05) is 66.7 Å². The van der Waals surface area contributed by atoms with E-state index < -0.39 is 0 Å². The van der Waals surface area contributed by atoms with Gasteiger partial charge in [-0.25, -0.2) is 0 Å². The lowest BCUT2D eigenvalue weighted by molar-refractivity contribution is 0.0999. The van der Waals surface area contributed by atoms with Crippen molar-refractivity contribution >= 4 is 44.7 Å². The molecule has 0 saturated heterocycles. The van der Waals surface area contributed by atoms with Crippen LogP contribution in [0.25, 0.3) is 27.5 Å². The number of hydrogen-bond acceptors (Lipinski definition) is 2. The first-order chi connectivity index (χ1) is 16.2. The average Bonchev–Trinajstić information content (AvgIpc) is 3.27. The number of aromatic nitrogens is 2. The maximum absolute atomic E-state index is 14.0. The fourth-order valence-corrected chi connectivity index (χ4v) is 4.44. The minimum atomic E-state index is -0.175. The van der Waals surface area contributed by atoms with E-state index in [1.165, 1.54) is 0 Å². The molecule has 6 aromatic rings. The summed E-state index contributed by atoms with van der Waals surface area (Å²) in [6.45, 7) is 0. The van der Waals surface area contributed by atoms with E-state index >= 15 is 0 Å². The SMILES string of the molecule is O=C(c1ccccc1)N(c1ccccc1)c1c2ccccc2c(=O)n2c1[nH]c1ccccc12. The maximum Gasteiger partial charge on any atom is 0.264 e. The Morgan fingerprint density at radius 2 is 1.30 bits per heavy atom. The monoisotopic (exact) mass is 429 g/mol. The van der Waals surface area contributed by atoms with Gasteiger partial charge in [-0.3, -0.25) is 18.9 Å². The van der Waals surface area contributed by atoms with Crippen LogP contribution in [0.4, 0.5) is 11.4 Å². The van der Waals surface area contributed by atoms with Crippen LogP contribution in [0.3, 0.4) is 0 Å². The van der Waals surface area contributed by atoms with Crippen LogP contribution in [0.15, 0.2) is 114 Å². The molecule has 1 N–H and O–H groups in total. The summed E-state index contributed by atoms with van der Waals surface area (Å²) in [5.74, 6) is -0.175. The predicted octanol–water partition coefficient (Wildman–Crippen LogP) is 5.91. The minimum Gasteiger partial charge on any atom is -0.338 e. The molecule has 33 heavy (non-hydrogen) atoms. The summed E-state index contributed by atoms with van der Waals surface area (Å²) in [6.07, 6.45) is 0. The first-order valence-electron chi connectivity index (χ1n) is 10.7. The van der Waals surface area contributed by atoms with E-state index in [1.54, 1.807) is 21.4 Å². The van der Waals surface area contributed by atoms with Gasteiger partial charge in [0.05, 0.1) is 16.7 Å². The van der Waals surface area contributed by atoms with E-state index in [-0.39, 0.29) is 11.5 Å². The molecule has 0 atom stereocenters. The molecule has 6 rings (SSSR count). The molecule has 0 radical (unpaired) electrons. The summed E-state index contributed by atoms with van der Waals surface area (Å²) < 4.78 is 1.67. The second-order valence-electron chi connectivity index (χ2n) is 7.87. The van der Waals surface area contributed by atoms with Crippen LogP contribution in [0, 0.1) is 0 Å². The number of pyridine rings is 1. The summed E-state index contributed by atoms with van der Waals surface area (Å²) in [4.78, 5) is 32.6. The number of amides is 1. The molecule has 0 unspecified atom stereocenters. The van der Waals surface area contributed by atoms with Gasteiger partial charge in [0.1, 0.15) is 5.65 Å². The smallest absolute Gasteiger partial charge is 0.264 e. The molecule has 4 aromatic carbocycles. The topological polar surface area (TPSA) is 57.6 Å². The van der Waals surface area contributed by atoms with Gasteiger partial charge in [-0.05, 0) is 42.5 Å². The zero-order valence-electron chi connectivity index (χ0n) is 17.6. The molecule has 0 spiro atoms. The number of nitrogens with zero attached hydrogens (tertiary/aromatic N) is 2. The third kappa shape index (κ3) is 2.94. The standard InChI is InChI=1S/C28H19N3O2/c32-27(19-11-3-1-4-12-19)30(20-13-5-2-6-14-20)25-21-15-7-8-16-22(21)28(33)31-24-18-10-9-17-23(24)29-26(25)31/h1-18,29H. The molecule has 2 aromatic heterocycles. The van der Waals surface area contributed by atoms with Crippen LogP contribution in [0.2, 0.25) is 0 Å². The zero-order valence-corrected chi connectivity index (χ0v) is 17.6. The molecular formula is C28H19N3O2. The lowest BCUT2D eigenvalue weighted by Crippen LogP contribution is -2.28. The Kier molecular flexibility index (Phi) is 4.33. The van der Waals surface area contributed by atoms with Gasteiger partial charge >= 0.3 is 0 Å². The van der Waals surface area contributed by atoms with Crippen LogP contribution in [0.1, 0.15) is 10.4 Å². The summed E-state index contributed by atoms with van der Waals surface area (Å²) in [5.41, 5.74) is 3.97. The average molecular weight is 429 g/mol. The highest BCUT2D eigenvalue weighted by Gasteiger charge is 2.26. The van der Waals surface area contributed by atoms with Gasteiger partial charge < -0.3 is 4.98 Å². The van der Waals surface area contributed by atoms with Crippen molar-refractivity contribution in [1.29, 1.82) is 0 Å². The summed E-state index contributed by atoms with van der Waals surface area (Å²) in [5, 5.41) is 1.26. The molecule has 0 aliphatic carbocycles. The third-order valence-corrected chi connectivity index (χ3v) is 5.92. The first-order valence-corrected chi connectivity index (χ1v) is 10.7. The molecule has 158 valence electrons. The maximum atomic E-state index is 14.0. The van der Waals surface area contributed by atoms with Crippen molar-refractivity contribution in [3.05, 3.63) is 125 Å². The Hall–Kier alpha value is -4.64. The lowest BCUT2D eigenvalue weighted by atomic mass is 10.1. The number of fused-ring (bicyclic) bond motifs is 4. The largest absolute Gasteiger partial charge is 0.338 e. The van der Waals surface area contributed by atoms with Crippen LogP contribution in [0.5, 0.6) is 0 Å². The van der Waals surface area contributed by atoms with Crippen molar-refractivity contribution in [1.82, 2.24) is 9.38 Å². The second-order valence-corrected chi connectivity index (χ2v) is 7.87. The van der Waals surface area contributed by atoms with Crippen LogP contribution < -0.4 is 10.5 Å². The Morgan fingerprint density at radius 3 is 2.06 bits per heavy atom. The van der Waals surface area contributed by atoms with E-state index in [0.717, 1.165) is 16.7 Å². The molecule has 5 nitrogen and oxygen atoms in total. The number of nitrogens with one attached hydrogen (secondary N) is 1. The highest BCUT2D eigenvalue weighted by molar-refractivity contribution is 6.18. The van der Waals surface area contributed by atoms with Gasteiger partial charge in [0.15, 0.2) is 0 Å². The first kappa shape index (κ1) is 19.1. The number of carbonyl (C=O) groups is 1. The molecule has 0 aliphatic rings. The summed E-state index contributed by atoms with van der Waals surface area (Å²) in [6, 6.07) is 33.8. The summed E-state index contributed by atoms with van der Waals surface area (Å²) in [7, 11) is 0. The molecule has 1 amide bonds. The number of aromatic amines is 1. The van der Waals surface area contributed by atoms with E-state index in [2.05, 4.69) is 4.98 Å². The zero-order chi connectivity index (χ0) is 22.4. The van der Waals surface area contributed by atoms with Gasteiger partial charge in [0.25, 0.3) is 11.5 Å². The normalized spacial score (nSPS) is 11.3. The number of hydrogen-bond donors (Lipinski definition) is 1. The predicted molar refractivity (Wildman–Crippen MR) is 132 cm³/mol. The Balaban J connectivity index is 1.79. The van der Waals surface area contributed by atoms with Crippen LogP contribution >= 0.6 is 0 Å². The van der Waals surface area contributed by atoms with Crippen molar-refractivity contribution in [2.45, 2.75) is 0 Å². The van der Waals surface area contributed by atoms with Crippen molar-refractivity contribution in [2.24, 2.45) is 0 Å². The van der Waals surface area contributed by atoms with Crippen molar-refractivity contribution in [3.63, 3.8) is 0 Å². The van der Waals surface area contributed by atoms with E-state index in [1.807, 2.05) is 97.1 Å². The highest BCUT2D eigenvalue weighted by atomic mass is 16.2. The van der Waals surface area contributed by atoms with Crippen molar-refractivity contribution in [3.8, 4) is 0 Å². The molecule has 0 aliphatic heterocycles.